The topological polar surface area (TPSA) is 102 Å². The van der Waals surface area contributed by atoms with E-state index in [1.807, 2.05) is 24.3 Å². The zero-order valence-electron chi connectivity index (χ0n) is 19.8. The minimum absolute atomic E-state index is 0.0286. The molecular formula is C24H27FN6O3S2. The van der Waals surface area contributed by atoms with Gasteiger partial charge in [0.1, 0.15) is 18.2 Å². The predicted molar refractivity (Wildman–Crippen MR) is 139 cm³/mol. The third-order valence-corrected chi connectivity index (χ3v) is 8.84. The number of sulfonamides is 1. The largest absolute Gasteiger partial charge is 0.457 e. The maximum Gasteiger partial charge on any atom is 0.213 e. The molecule has 12 heteroatoms. The minimum Gasteiger partial charge on any atom is -0.457 e. The van der Waals surface area contributed by atoms with E-state index >= 15 is 0 Å². The molecule has 0 bridgehead atoms. The molecule has 9 nitrogen and oxygen atoms in total. The van der Waals surface area contributed by atoms with Gasteiger partial charge < -0.3 is 10.1 Å². The van der Waals surface area contributed by atoms with E-state index in [4.69, 9.17) is 4.74 Å². The number of nitrogens with zero attached hydrogens (tertiary/aromatic N) is 5. The molecule has 0 aliphatic carbocycles. The third-order valence-electron chi connectivity index (χ3n) is 6.04. The standard InChI is InChI=1S/C24H27FN6O3S2/c1-2-36(32,33)31-10-3-4-18(16-31)28-24-29-21-6-5-19(13-23(21)35-24)34-20-7-9-26-22(12-20)17-14-27-30(15-17)11-8-25/h5-7,9,12-15,18H,2-4,8,10-11,16H2,1H3,(H,28,29). The van der Waals surface area contributed by atoms with E-state index in [9.17, 15) is 12.8 Å². The lowest BCUT2D eigenvalue weighted by atomic mass is 10.1. The number of ether oxygens (including phenoxy) is 1. The number of aromatic nitrogens is 4. The highest BCUT2D eigenvalue weighted by Crippen LogP contribution is 2.33. The van der Waals surface area contributed by atoms with Gasteiger partial charge in [-0.2, -0.15) is 9.40 Å². The zero-order valence-corrected chi connectivity index (χ0v) is 21.4. The number of alkyl halides is 1. The maximum absolute atomic E-state index is 12.6. The molecule has 190 valence electrons. The van der Waals surface area contributed by atoms with Crippen LogP contribution in [0, 0.1) is 0 Å². The average Bonchev–Trinajstić information content (AvgIpc) is 3.51. The normalized spacial score (nSPS) is 16.9. The van der Waals surface area contributed by atoms with Gasteiger partial charge in [0.05, 0.1) is 34.4 Å². The van der Waals surface area contributed by atoms with Crippen LogP contribution in [-0.4, -0.2) is 64.0 Å². The van der Waals surface area contributed by atoms with Crippen LogP contribution >= 0.6 is 11.3 Å². The average molecular weight is 531 g/mol. The number of anilines is 1. The van der Waals surface area contributed by atoms with Crippen LogP contribution in [0.4, 0.5) is 9.52 Å². The molecule has 5 rings (SSSR count). The van der Waals surface area contributed by atoms with Crippen LogP contribution in [0.15, 0.2) is 48.9 Å². The van der Waals surface area contributed by atoms with Crippen LogP contribution < -0.4 is 10.1 Å². The van der Waals surface area contributed by atoms with E-state index in [2.05, 4.69) is 20.4 Å². The first-order valence-electron chi connectivity index (χ1n) is 11.8. The Kier molecular flexibility index (Phi) is 7.17. The van der Waals surface area contributed by atoms with Gasteiger partial charge in [0.2, 0.25) is 10.0 Å². The number of piperidine rings is 1. The van der Waals surface area contributed by atoms with Gasteiger partial charge >= 0.3 is 0 Å². The molecular weight excluding hydrogens is 503 g/mol. The van der Waals surface area contributed by atoms with Gasteiger partial charge in [-0.1, -0.05) is 11.3 Å². The van der Waals surface area contributed by atoms with Crippen molar-refractivity contribution in [1.29, 1.82) is 0 Å². The smallest absolute Gasteiger partial charge is 0.213 e. The van der Waals surface area contributed by atoms with Crippen molar-refractivity contribution in [3.8, 4) is 22.8 Å². The quantitative estimate of drug-likeness (QED) is 0.339. The molecule has 1 fully saturated rings. The molecule has 0 radical (unpaired) electrons. The molecule has 4 aromatic rings. The van der Waals surface area contributed by atoms with Crippen molar-refractivity contribution in [3.63, 3.8) is 0 Å². The molecule has 1 saturated heterocycles. The second-order valence-electron chi connectivity index (χ2n) is 8.55. The van der Waals surface area contributed by atoms with Crippen LogP contribution in [0.1, 0.15) is 19.8 Å². The monoisotopic (exact) mass is 530 g/mol. The summed E-state index contributed by atoms with van der Waals surface area (Å²) in [4.78, 5) is 9.05. The fraction of sp³-hybridized carbons (Fsp3) is 0.375. The van der Waals surface area contributed by atoms with Gasteiger partial charge in [0.25, 0.3) is 0 Å². The van der Waals surface area contributed by atoms with Crippen molar-refractivity contribution in [2.45, 2.75) is 32.4 Å². The molecule has 1 aliphatic heterocycles. The second kappa shape index (κ2) is 10.5. The molecule has 1 aromatic carbocycles. The Labute approximate surface area is 213 Å². The number of thiazole rings is 1. The summed E-state index contributed by atoms with van der Waals surface area (Å²) in [5.41, 5.74) is 2.32. The number of benzene rings is 1. The molecule has 1 aliphatic rings. The lowest BCUT2D eigenvalue weighted by molar-refractivity contribution is 0.327. The first-order valence-corrected chi connectivity index (χ1v) is 14.2. The molecule has 1 atom stereocenters. The van der Waals surface area contributed by atoms with Crippen molar-refractivity contribution >= 4 is 36.7 Å². The Morgan fingerprint density at radius 2 is 2.11 bits per heavy atom. The number of nitrogens with one attached hydrogen (secondary N) is 1. The molecule has 1 unspecified atom stereocenters. The molecule has 0 spiro atoms. The van der Waals surface area contributed by atoms with Gasteiger partial charge in [-0.3, -0.25) is 9.67 Å². The molecule has 4 heterocycles. The summed E-state index contributed by atoms with van der Waals surface area (Å²) >= 11 is 1.51. The number of hydrogen-bond acceptors (Lipinski definition) is 8. The number of rotatable bonds is 9. The van der Waals surface area contributed by atoms with E-state index < -0.39 is 16.7 Å². The highest BCUT2D eigenvalue weighted by Gasteiger charge is 2.28. The number of hydrogen-bond donors (Lipinski definition) is 1. The molecule has 1 N–H and O–H groups in total. The van der Waals surface area contributed by atoms with Crippen molar-refractivity contribution in [3.05, 3.63) is 48.9 Å². The van der Waals surface area contributed by atoms with E-state index in [1.165, 1.54) is 11.3 Å². The summed E-state index contributed by atoms with van der Waals surface area (Å²) in [6.45, 7) is 2.44. The summed E-state index contributed by atoms with van der Waals surface area (Å²) in [6, 6.07) is 9.33. The third kappa shape index (κ3) is 5.50. The number of pyridine rings is 1. The van der Waals surface area contributed by atoms with Gasteiger partial charge in [-0.15, -0.1) is 0 Å². The van der Waals surface area contributed by atoms with E-state index in [0.717, 1.165) is 33.8 Å². The van der Waals surface area contributed by atoms with Crippen molar-refractivity contribution < 1.29 is 17.5 Å². The van der Waals surface area contributed by atoms with Gasteiger partial charge in [-0.05, 0) is 38.0 Å². The zero-order chi connectivity index (χ0) is 25.1. The Morgan fingerprint density at radius 3 is 2.94 bits per heavy atom. The summed E-state index contributed by atoms with van der Waals surface area (Å²) < 4.78 is 47.3. The number of fused-ring (bicyclic) bond motifs is 1. The fourth-order valence-corrected chi connectivity index (χ4v) is 6.32. The lowest BCUT2D eigenvalue weighted by Crippen LogP contribution is -2.45. The van der Waals surface area contributed by atoms with Crippen molar-refractivity contribution in [1.82, 2.24) is 24.1 Å². The molecule has 0 saturated carbocycles. The number of halogens is 1. The fourth-order valence-electron chi connectivity index (χ4n) is 4.17. The lowest BCUT2D eigenvalue weighted by Gasteiger charge is -2.31. The van der Waals surface area contributed by atoms with Gasteiger partial charge in [-0.25, -0.2) is 17.8 Å². The highest BCUT2D eigenvalue weighted by atomic mass is 32.2. The minimum atomic E-state index is -3.19. The Bertz CT molecular complexity index is 1460. The van der Waals surface area contributed by atoms with E-state index in [0.29, 0.717) is 30.3 Å². The first kappa shape index (κ1) is 24.6. The van der Waals surface area contributed by atoms with Crippen LogP contribution in [0.2, 0.25) is 0 Å². The van der Waals surface area contributed by atoms with Crippen LogP contribution in [-0.2, 0) is 16.6 Å². The predicted octanol–water partition coefficient (Wildman–Crippen LogP) is 4.54. The Morgan fingerprint density at radius 1 is 1.25 bits per heavy atom. The maximum atomic E-state index is 12.6. The molecule has 0 amide bonds. The van der Waals surface area contributed by atoms with E-state index in [1.54, 1.807) is 40.6 Å². The highest BCUT2D eigenvalue weighted by molar-refractivity contribution is 7.89. The summed E-state index contributed by atoms with van der Waals surface area (Å²) in [6.07, 6.45) is 6.80. The Balaban J connectivity index is 1.28. The van der Waals surface area contributed by atoms with Crippen molar-refractivity contribution in [2.24, 2.45) is 0 Å². The second-order valence-corrected chi connectivity index (χ2v) is 11.8. The SMILES string of the molecule is CCS(=O)(=O)N1CCCC(Nc2nc3ccc(Oc4ccnc(-c5cnn(CCF)c5)c4)cc3s2)C1. The first-order chi connectivity index (χ1) is 17.4. The van der Waals surface area contributed by atoms with Crippen LogP contribution in [0.3, 0.4) is 0 Å². The van der Waals surface area contributed by atoms with Crippen LogP contribution in [0.5, 0.6) is 11.5 Å². The number of aryl methyl sites for hydroxylation is 1. The molecule has 36 heavy (non-hydrogen) atoms. The summed E-state index contributed by atoms with van der Waals surface area (Å²) in [5, 5.41) is 8.33. The molecule has 3 aromatic heterocycles. The summed E-state index contributed by atoms with van der Waals surface area (Å²) in [7, 11) is -3.19. The van der Waals surface area contributed by atoms with Crippen LogP contribution in [0.25, 0.3) is 21.5 Å². The summed E-state index contributed by atoms with van der Waals surface area (Å²) in [5.74, 6) is 1.41. The van der Waals surface area contributed by atoms with Gasteiger partial charge in [0.15, 0.2) is 5.13 Å². The van der Waals surface area contributed by atoms with E-state index in [-0.39, 0.29) is 18.3 Å². The Hall–Kier alpha value is -3.09. The van der Waals surface area contributed by atoms with Crippen molar-refractivity contribution in [2.75, 3.05) is 30.8 Å². The van der Waals surface area contributed by atoms with Gasteiger partial charge in [0, 0.05) is 49.2 Å².